The average molecular weight is 249 g/mol. The molecule has 18 heavy (non-hydrogen) atoms. The number of rotatable bonds is 1. The van der Waals surface area contributed by atoms with Gasteiger partial charge in [0, 0.05) is 31.7 Å². The Hall–Kier alpha value is -2.11. The predicted molar refractivity (Wildman–Crippen MR) is 64.0 cm³/mol. The van der Waals surface area contributed by atoms with Crippen LogP contribution in [0.5, 0.6) is 5.75 Å². The molecule has 1 aliphatic rings. The smallest absolute Gasteiger partial charge is 0.276 e. The van der Waals surface area contributed by atoms with Gasteiger partial charge >= 0.3 is 0 Å². The Bertz CT molecular complexity index is 475. The first-order chi connectivity index (χ1) is 8.59. The first-order valence-corrected chi connectivity index (χ1v) is 5.81. The highest BCUT2D eigenvalue weighted by Crippen LogP contribution is 2.17. The van der Waals surface area contributed by atoms with E-state index in [9.17, 15) is 14.7 Å². The van der Waals surface area contributed by atoms with Crippen LogP contribution in [-0.2, 0) is 4.79 Å². The van der Waals surface area contributed by atoms with Gasteiger partial charge in [0.15, 0.2) is 5.69 Å². The lowest BCUT2D eigenvalue weighted by Gasteiger charge is -2.26. The Morgan fingerprint density at radius 1 is 1.61 bits per heavy atom. The van der Waals surface area contributed by atoms with Crippen LogP contribution in [0.4, 0.5) is 0 Å². The van der Waals surface area contributed by atoms with E-state index >= 15 is 0 Å². The van der Waals surface area contributed by atoms with Crippen LogP contribution in [0.3, 0.4) is 0 Å². The van der Waals surface area contributed by atoms with Crippen molar-refractivity contribution in [2.45, 2.75) is 19.4 Å². The molecule has 6 nitrogen and oxygen atoms in total. The number of hydrogen-bond donors (Lipinski definition) is 2. The number of pyridine rings is 1. The van der Waals surface area contributed by atoms with Crippen molar-refractivity contribution >= 4 is 11.8 Å². The maximum atomic E-state index is 12.3. The van der Waals surface area contributed by atoms with E-state index in [1.165, 1.54) is 12.3 Å². The monoisotopic (exact) mass is 249 g/mol. The Labute approximate surface area is 105 Å². The van der Waals surface area contributed by atoms with Gasteiger partial charge in [-0.2, -0.15) is 0 Å². The first kappa shape index (κ1) is 12.3. The van der Waals surface area contributed by atoms with Crippen molar-refractivity contribution in [1.82, 2.24) is 15.2 Å². The normalized spacial score (nSPS) is 20.2. The summed E-state index contributed by atoms with van der Waals surface area (Å²) in [6, 6.07) is 2.86. The maximum Gasteiger partial charge on any atom is 0.276 e. The summed E-state index contributed by atoms with van der Waals surface area (Å²) < 4.78 is 0. The molecule has 1 aliphatic heterocycles. The SMILES string of the molecule is C[C@H]1CNC(=O)CCN1C(=O)c1ncccc1O. The maximum absolute atomic E-state index is 12.3. The van der Waals surface area contributed by atoms with Crippen molar-refractivity contribution in [3.63, 3.8) is 0 Å². The van der Waals surface area contributed by atoms with Gasteiger partial charge in [0.05, 0.1) is 0 Å². The zero-order valence-corrected chi connectivity index (χ0v) is 10.1. The van der Waals surface area contributed by atoms with Gasteiger partial charge in [0.2, 0.25) is 5.91 Å². The number of carbonyl (C=O) groups is 2. The Morgan fingerprint density at radius 3 is 3.11 bits per heavy atom. The number of nitrogens with zero attached hydrogens (tertiary/aromatic N) is 2. The van der Waals surface area contributed by atoms with E-state index in [1.807, 2.05) is 6.92 Å². The zero-order chi connectivity index (χ0) is 13.1. The van der Waals surface area contributed by atoms with Crippen LogP contribution >= 0.6 is 0 Å². The Kier molecular flexibility index (Phi) is 3.45. The van der Waals surface area contributed by atoms with E-state index < -0.39 is 0 Å². The molecule has 0 aliphatic carbocycles. The third kappa shape index (κ3) is 2.42. The fourth-order valence-electron chi connectivity index (χ4n) is 1.90. The van der Waals surface area contributed by atoms with Gasteiger partial charge in [-0.15, -0.1) is 0 Å². The molecule has 2 heterocycles. The molecule has 2 rings (SSSR count). The second-order valence-electron chi connectivity index (χ2n) is 4.27. The Balaban J connectivity index is 2.22. The quantitative estimate of drug-likeness (QED) is 0.741. The van der Waals surface area contributed by atoms with Gasteiger partial charge < -0.3 is 15.3 Å². The molecule has 0 unspecified atom stereocenters. The van der Waals surface area contributed by atoms with Crippen LogP contribution in [-0.4, -0.2) is 45.9 Å². The van der Waals surface area contributed by atoms with E-state index in [-0.39, 0.29) is 35.7 Å². The standard InChI is InChI=1S/C12H15N3O3/c1-8-7-14-10(17)4-6-15(8)12(18)11-9(16)3-2-5-13-11/h2-3,5,8,16H,4,6-7H2,1H3,(H,14,17)/t8-/m0/s1. The minimum Gasteiger partial charge on any atom is -0.505 e. The van der Waals surface area contributed by atoms with Crippen molar-refractivity contribution < 1.29 is 14.7 Å². The van der Waals surface area contributed by atoms with E-state index in [4.69, 9.17) is 0 Å². The second kappa shape index (κ2) is 5.03. The number of carbonyl (C=O) groups excluding carboxylic acids is 2. The third-order valence-corrected chi connectivity index (χ3v) is 2.96. The van der Waals surface area contributed by atoms with Gasteiger partial charge in [-0.1, -0.05) is 0 Å². The Morgan fingerprint density at radius 2 is 2.39 bits per heavy atom. The highest BCUT2D eigenvalue weighted by Gasteiger charge is 2.27. The number of nitrogens with one attached hydrogen (secondary N) is 1. The van der Waals surface area contributed by atoms with E-state index in [0.29, 0.717) is 13.1 Å². The van der Waals surface area contributed by atoms with E-state index in [2.05, 4.69) is 10.3 Å². The van der Waals surface area contributed by atoms with Gasteiger partial charge in [-0.05, 0) is 19.1 Å². The van der Waals surface area contributed by atoms with Crippen molar-refractivity contribution in [2.24, 2.45) is 0 Å². The lowest BCUT2D eigenvalue weighted by atomic mass is 10.2. The summed E-state index contributed by atoms with van der Waals surface area (Å²) in [5.41, 5.74) is 0.0266. The molecular formula is C12H15N3O3. The van der Waals surface area contributed by atoms with Crippen LogP contribution < -0.4 is 5.32 Å². The molecule has 1 fully saturated rings. The minimum atomic E-state index is -0.350. The molecular weight excluding hydrogens is 234 g/mol. The summed E-state index contributed by atoms with van der Waals surface area (Å²) in [5.74, 6) is -0.558. The number of hydrogen-bond acceptors (Lipinski definition) is 4. The molecule has 1 atom stereocenters. The molecule has 0 radical (unpaired) electrons. The molecule has 2 amide bonds. The van der Waals surface area contributed by atoms with Crippen LogP contribution in [0.25, 0.3) is 0 Å². The lowest BCUT2D eigenvalue weighted by Crippen LogP contribution is -2.42. The molecule has 1 aromatic heterocycles. The molecule has 0 spiro atoms. The highest BCUT2D eigenvalue weighted by molar-refractivity contribution is 5.95. The van der Waals surface area contributed by atoms with Crippen molar-refractivity contribution in [1.29, 1.82) is 0 Å². The molecule has 6 heteroatoms. The largest absolute Gasteiger partial charge is 0.505 e. The number of amides is 2. The topological polar surface area (TPSA) is 82.5 Å². The highest BCUT2D eigenvalue weighted by atomic mass is 16.3. The van der Waals surface area contributed by atoms with E-state index in [0.717, 1.165) is 0 Å². The lowest BCUT2D eigenvalue weighted by molar-refractivity contribution is -0.120. The summed E-state index contributed by atoms with van der Waals surface area (Å²) in [4.78, 5) is 29.0. The first-order valence-electron chi connectivity index (χ1n) is 5.81. The van der Waals surface area contributed by atoms with Gasteiger partial charge in [-0.25, -0.2) is 4.98 Å². The summed E-state index contributed by atoms with van der Waals surface area (Å²) in [6.07, 6.45) is 1.72. The van der Waals surface area contributed by atoms with Gasteiger partial charge in [-0.3, -0.25) is 9.59 Å². The summed E-state index contributed by atoms with van der Waals surface area (Å²) in [5, 5.41) is 12.4. The van der Waals surface area contributed by atoms with Crippen LogP contribution in [0.15, 0.2) is 18.3 Å². The second-order valence-corrected chi connectivity index (χ2v) is 4.27. The minimum absolute atomic E-state index is 0.0266. The molecule has 96 valence electrons. The molecule has 0 bridgehead atoms. The van der Waals surface area contributed by atoms with Crippen LogP contribution in [0.1, 0.15) is 23.8 Å². The zero-order valence-electron chi connectivity index (χ0n) is 10.1. The van der Waals surface area contributed by atoms with Crippen LogP contribution in [0.2, 0.25) is 0 Å². The van der Waals surface area contributed by atoms with Crippen molar-refractivity contribution in [2.75, 3.05) is 13.1 Å². The van der Waals surface area contributed by atoms with Crippen molar-refractivity contribution in [3.05, 3.63) is 24.0 Å². The molecule has 1 aromatic rings. The number of aromatic nitrogens is 1. The fraction of sp³-hybridized carbons (Fsp3) is 0.417. The van der Waals surface area contributed by atoms with Crippen molar-refractivity contribution in [3.8, 4) is 5.75 Å². The molecule has 0 saturated carbocycles. The molecule has 2 N–H and O–H groups in total. The summed E-state index contributed by atoms with van der Waals surface area (Å²) in [6.45, 7) is 2.60. The molecule has 1 saturated heterocycles. The van der Waals surface area contributed by atoms with Gasteiger partial charge in [0.1, 0.15) is 5.75 Å². The summed E-state index contributed by atoms with van der Waals surface area (Å²) >= 11 is 0. The predicted octanol–water partition coefficient (Wildman–Crippen LogP) is 0.138. The van der Waals surface area contributed by atoms with Gasteiger partial charge in [0.25, 0.3) is 5.91 Å². The molecule has 0 aromatic carbocycles. The fourth-order valence-corrected chi connectivity index (χ4v) is 1.90. The average Bonchev–Trinajstić information content (AvgIpc) is 2.52. The van der Waals surface area contributed by atoms with E-state index in [1.54, 1.807) is 11.0 Å². The third-order valence-electron chi connectivity index (χ3n) is 2.96. The summed E-state index contributed by atoms with van der Waals surface area (Å²) in [7, 11) is 0. The number of aromatic hydroxyl groups is 1. The van der Waals surface area contributed by atoms with Crippen LogP contribution in [0, 0.1) is 0 Å².